The molecule has 1 amide bonds. The summed E-state index contributed by atoms with van der Waals surface area (Å²) in [7, 11) is 4.79. The highest BCUT2D eigenvalue weighted by molar-refractivity contribution is 6.08. The van der Waals surface area contributed by atoms with Crippen LogP contribution in [0.15, 0.2) is 108 Å². The minimum Gasteiger partial charge on any atom is -0.468 e. The lowest BCUT2D eigenvalue weighted by molar-refractivity contribution is -0.148. The van der Waals surface area contributed by atoms with E-state index >= 15 is 0 Å². The first-order chi connectivity index (χ1) is 24.3. The number of nitrogens with zero attached hydrogens (tertiary/aromatic N) is 3. The van der Waals surface area contributed by atoms with E-state index < -0.39 is 17.8 Å². The predicted octanol–water partition coefficient (Wildman–Crippen LogP) is 6.47. The number of hydrogen-bond donors (Lipinski definition) is 4. The molecule has 51 heavy (non-hydrogen) atoms. The minimum absolute atomic E-state index is 0.0509. The van der Waals surface area contributed by atoms with Crippen LogP contribution in [0.5, 0.6) is 0 Å². The summed E-state index contributed by atoms with van der Waals surface area (Å²) in [6, 6.07) is 28.6. The SMILES string of the molecule is CN(C)C(=N)N=C(N)N.COC(=O)C(c1ccccc1)N1CCC(c2ccc(NC(=O)c3ccccc3-c3ccc(C(F)(F)F)cc3)cc2)CC1. The monoisotopic (exact) mass is 701 g/mol. The molecule has 10 nitrogen and oxygen atoms in total. The summed E-state index contributed by atoms with van der Waals surface area (Å²) >= 11 is 0. The molecule has 0 saturated carbocycles. The second-order valence-corrected chi connectivity index (χ2v) is 12.1. The van der Waals surface area contributed by atoms with Gasteiger partial charge in [0, 0.05) is 25.3 Å². The molecule has 0 aromatic heterocycles. The predicted molar refractivity (Wildman–Crippen MR) is 193 cm³/mol. The molecule has 4 aromatic carbocycles. The van der Waals surface area contributed by atoms with Gasteiger partial charge in [-0.2, -0.15) is 18.2 Å². The van der Waals surface area contributed by atoms with Gasteiger partial charge < -0.3 is 26.4 Å². The molecule has 1 aliphatic rings. The van der Waals surface area contributed by atoms with Crippen molar-refractivity contribution in [2.24, 2.45) is 16.5 Å². The van der Waals surface area contributed by atoms with Gasteiger partial charge in [-0.25, -0.2) is 4.79 Å². The smallest absolute Gasteiger partial charge is 0.416 e. The van der Waals surface area contributed by atoms with E-state index in [0.29, 0.717) is 28.3 Å². The Labute approximate surface area is 295 Å². The number of halogens is 3. The molecule has 13 heteroatoms. The highest BCUT2D eigenvalue weighted by atomic mass is 19.4. The van der Waals surface area contributed by atoms with Crippen molar-refractivity contribution in [1.82, 2.24) is 9.80 Å². The van der Waals surface area contributed by atoms with E-state index in [1.165, 1.54) is 24.1 Å². The summed E-state index contributed by atoms with van der Waals surface area (Å²) in [4.78, 5) is 32.9. The maximum absolute atomic E-state index is 13.2. The number of nitrogens with two attached hydrogens (primary N) is 2. The Morgan fingerprint density at radius 2 is 1.49 bits per heavy atom. The van der Waals surface area contributed by atoms with Gasteiger partial charge in [0.2, 0.25) is 5.96 Å². The first kappa shape index (κ1) is 38.1. The van der Waals surface area contributed by atoms with Gasteiger partial charge in [0.05, 0.1) is 12.7 Å². The Morgan fingerprint density at radius 1 is 0.902 bits per heavy atom. The number of piperidine rings is 1. The van der Waals surface area contributed by atoms with Gasteiger partial charge in [0.25, 0.3) is 5.91 Å². The molecule has 0 spiro atoms. The number of methoxy groups -OCH3 is 1. The topological polar surface area (TPSA) is 150 Å². The number of benzene rings is 4. The van der Waals surface area contributed by atoms with Crippen LogP contribution in [-0.4, -0.2) is 67.9 Å². The van der Waals surface area contributed by atoms with E-state index in [1.807, 2.05) is 54.6 Å². The van der Waals surface area contributed by atoms with Crippen LogP contribution in [0.25, 0.3) is 11.1 Å². The van der Waals surface area contributed by atoms with Crippen molar-refractivity contribution in [1.29, 1.82) is 5.41 Å². The lowest BCUT2D eigenvalue weighted by atomic mass is 9.88. The molecule has 1 heterocycles. The highest BCUT2D eigenvalue weighted by Gasteiger charge is 2.32. The molecule has 6 N–H and O–H groups in total. The van der Waals surface area contributed by atoms with E-state index in [1.54, 1.807) is 38.4 Å². The third-order valence-electron chi connectivity index (χ3n) is 8.43. The van der Waals surface area contributed by atoms with Gasteiger partial charge in [-0.15, -0.1) is 0 Å². The fourth-order valence-electron chi connectivity index (χ4n) is 5.76. The average molecular weight is 702 g/mol. The number of rotatable bonds is 7. The normalized spacial score (nSPS) is 13.9. The number of aliphatic imine (C=N–C) groups is 1. The lowest BCUT2D eigenvalue weighted by Crippen LogP contribution is -2.40. The second kappa shape index (κ2) is 17.3. The minimum atomic E-state index is -4.42. The molecule has 0 bridgehead atoms. The molecule has 5 rings (SSSR count). The number of hydrogen-bond acceptors (Lipinski definition) is 5. The van der Waals surface area contributed by atoms with Crippen molar-refractivity contribution in [3.8, 4) is 11.1 Å². The van der Waals surface area contributed by atoms with Crippen LogP contribution < -0.4 is 16.8 Å². The number of guanidine groups is 2. The maximum atomic E-state index is 13.2. The average Bonchev–Trinajstić information content (AvgIpc) is 3.12. The molecule has 1 fully saturated rings. The summed E-state index contributed by atoms with van der Waals surface area (Å²) in [6.07, 6.45) is -2.66. The number of alkyl halides is 3. The number of anilines is 1. The molecular formula is C38H42F3N7O3. The number of ether oxygens (including phenoxy) is 1. The van der Waals surface area contributed by atoms with Gasteiger partial charge in [0.15, 0.2) is 5.96 Å². The van der Waals surface area contributed by atoms with E-state index in [0.717, 1.165) is 49.2 Å². The number of nitrogens with one attached hydrogen (secondary N) is 2. The maximum Gasteiger partial charge on any atom is 0.416 e. The summed E-state index contributed by atoms with van der Waals surface area (Å²) in [6.45, 7) is 1.50. The van der Waals surface area contributed by atoms with Crippen molar-refractivity contribution in [3.05, 3.63) is 125 Å². The van der Waals surface area contributed by atoms with Crippen LogP contribution >= 0.6 is 0 Å². The summed E-state index contributed by atoms with van der Waals surface area (Å²) < 4.78 is 44.1. The van der Waals surface area contributed by atoms with Crippen molar-refractivity contribution in [2.45, 2.75) is 31.0 Å². The highest BCUT2D eigenvalue weighted by Crippen LogP contribution is 2.34. The number of amides is 1. The summed E-state index contributed by atoms with van der Waals surface area (Å²) in [5.41, 5.74) is 13.4. The van der Waals surface area contributed by atoms with E-state index in [9.17, 15) is 22.8 Å². The zero-order valence-corrected chi connectivity index (χ0v) is 28.7. The Hall–Kier alpha value is -5.69. The molecule has 1 saturated heterocycles. The zero-order valence-electron chi connectivity index (χ0n) is 28.7. The van der Waals surface area contributed by atoms with Crippen molar-refractivity contribution >= 4 is 29.5 Å². The molecule has 1 atom stereocenters. The van der Waals surface area contributed by atoms with Crippen molar-refractivity contribution in [2.75, 3.05) is 39.6 Å². The molecule has 1 aliphatic heterocycles. The van der Waals surface area contributed by atoms with Crippen molar-refractivity contribution in [3.63, 3.8) is 0 Å². The standard InChI is InChI=1S/C34H31F3N2O3.C4H11N5/c1-42-33(41)31(26-7-3-2-4-8-26)39-21-19-24(20-22-39)23-13-17-28(18-14-23)38-32(40)30-10-6-5-9-29(30)25-11-15-27(16-12-25)34(35,36)37;1-9(2)4(7)8-3(5)6/h2-18,24,31H,19-22H2,1H3,(H,38,40);1-2H3,(H5,5,6,7,8). The van der Waals surface area contributed by atoms with Gasteiger partial charge in [0.1, 0.15) is 6.04 Å². The van der Waals surface area contributed by atoms with Gasteiger partial charge >= 0.3 is 12.1 Å². The summed E-state index contributed by atoms with van der Waals surface area (Å²) in [5, 5.41) is 9.97. The van der Waals surface area contributed by atoms with Gasteiger partial charge in [-0.05, 0) is 84.4 Å². The van der Waals surface area contributed by atoms with E-state index in [2.05, 4.69) is 15.2 Å². The third-order valence-corrected chi connectivity index (χ3v) is 8.43. The van der Waals surface area contributed by atoms with Crippen molar-refractivity contribution < 1.29 is 27.5 Å². The van der Waals surface area contributed by atoms with Gasteiger partial charge in [-0.3, -0.25) is 15.1 Å². The van der Waals surface area contributed by atoms with Crippen LogP contribution in [0, 0.1) is 5.41 Å². The van der Waals surface area contributed by atoms with E-state index in [-0.39, 0.29) is 23.8 Å². The molecule has 4 aromatic rings. The van der Waals surface area contributed by atoms with Gasteiger partial charge in [-0.1, -0.05) is 72.8 Å². The molecule has 268 valence electrons. The van der Waals surface area contributed by atoms with E-state index in [4.69, 9.17) is 21.6 Å². The van der Waals surface area contributed by atoms with Crippen LogP contribution in [-0.2, 0) is 15.7 Å². The number of esters is 1. The largest absolute Gasteiger partial charge is 0.468 e. The number of carbonyl (C=O) groups is 2. The lowest BCUT2D eigenvalue weighted by Gasteiger charge is -2.36. The summed E-state index contributed by atoms with van der Waals surface area (Å²) in [5.74, 6) is -0.329. The molecule has 1 unspecified atom stereocenters. The molecule has 0 radical (unpaired) electrons. The molecule has 0 aliphatic carbocycles. The Kier molecular flexibility index (Phi) is 12.9. The Balaban J connectivity index is 0.000000573. The molecular weight excluding hydrogens is 659 g/mol. The first-order valence-electron chi connectivity index (χ1n) is 16.2. The first-order valence-corrected chi connectivity index (χ1v) is 16.2. The van der Waals surface area contributed by atoms with Crippen LogP contribution in [0.2, 0.25) is 0 Å². The second-order valence-electron chi connectivity index (χ2n) is 12.1. The fraction of sp³-hybridized carbons (Fsp3) is 0.263. The van der Waals surface area contributed by atoms with Crippen LogP contribution in [0.3, 0.4) is 0 Å². The third kappa shape index (κ3) is 10.4. The zero-order chi connectivity index (χ0) is 37.1. The Bertz CT molecular complexity index is 1800. The van der Waals surface area contributed by atoms with Crippen LogP contribution in [0.1, 0.15) is 51.8 Å². The number of carbonyl (C=O) groups excluding carboxylic acids is 2. The van der Waals surface area contributed by atoms with Crippen LogP contribution in [0.4, 0.5) is 18.9 Å². The Morgan fingerprint density at radius 3 is 2.02 bits per heavy atom. The fourth-order valence-corrected chi connectivity index (χ4v) is 5.76. The quantitative estimate of drug-likeness (QED) is 0.0980. The number of likely N-dealkylation sites (tertiary alicyclic amines) is 1.